The number of rotatable bonds is 8. The molecule has 0 fully saturated rings. The highest BCUT2D eigenvalue weighted by Gasteiger charge is 2.33. The average molecular weight is 307 g/mol. The van der Waals surface area contributed by atoms with Crippen molar-refractivity contribution in [1.82, 2.24) is 5.32 Å². The maximum Gasteiger partial charge on any atom is 0.329 e. The van der Waals surface area contributed by atoms with Crippen LogP contribution in [0.4, 0.5) is 0 Å². The van der Waals surface area contributed by atoms with E-state index in [-0.39, 0.29) is 18.9 Å². The van der Waals surface area contributed by atoms with Crippen molar-refractivity contribution in [3.05, 3.63) is 29.3 Å². The molecule has 0 heterocycles. The minimum atomic E-state index is -1.22. The van der Waals surface area contributed by atoms with Crippen molar-refractivity contribution in [2.75, 3.05) is 6.61 Å². The van der Waals surface area contributed by atoms with E-state index in [1.807, 2.05) is 39.0 Å². The van der Waals surface area contributed by atoms with Gasteiger partial charge in [0.25, 0.3) is 0 Å². The van der Waals surface area contributed by atoms with E-state index in [0.29, 0.717) is 12.8 Å². The third-order valence-corrected chi connectivity index (χ3v) is 3.55. The Hall–Kier alpha value is -2.04. The van der Waals surface area contributed by atoms with Crippen LogP contribution >= 0.6 is 0 Å². The predicted molar refractivity (Wildman–Crippen MR) is 85.1 cm³/mol. The maximum atomic E-state index is 11.9. The van der Waals surface area contributed by atoms with E-state index in [0.717, 1.165) is 16.9 Å². The Labute approximate surface area is 131 Å². The molecule has 0 aromatic heterocycles. The van der Waals surface area contributed by atoms with Crippen LogP contribution in [0.25, 0.3) is 0 Å². The monoisotopic (exact) mass is 307 g/mol. The van der Waals surface area contributed by atoms with Gasteiger partial charge >= 0.3 is 5.97 Å². The van der Waals surface area contributed by atoms with Gasteiger partial charge in [-0.05, 0) is 38.8 Å². The standard InChI is InChI=1S/C17H25NO4/c1-5-9-17(4,16(20)21)18-15(19)8-10-22-14-7-6-12(2)11-13(14)3/h6-7,11H,5,8-10H2,1-4H3,(H,18,19)(H,20,21). The molecule has 0 aliphatic carbocycles. The summed E-state index contributed by atoms with van der Waals surface area (Å²) in [5.74, 6) is -0.589. The van der Waals surface area contributed by atoms with E-state index < -0.39 is 11.5 Å². The zero-order valence-corrected chi connectivity index (χ0v) is 13.7. The van der Waals surface area contributed by atoms with Gasteiger partial charge < -0.3 is 15.2 Å². The molecule has 5 heteroatoms. The largest absolute Gasteiger partial charge is 0.493 e. The molecule has 0 saturated heterocycles. The molecule has 0 bridgehead atoms. The zero-order chi connectivity index (χ0) is 16.8. The Kier molecular flexibility index (Phi) is 6.40. The summed E-state index contributed by atoms with van der Waals surface area (Å²) in [5, 5.41) is 11.8. The first kappa shape index (κ1) is 18.0. The molecule has 1 atom stereocenters. The van der Waals surface area contributed by atoms with Crippen molar-refractivity contribution in [3.63, 3.8) is 0 Å². The van der Waals surface area contributed by atoms with Crippen molar-refractivity contribution in [2.45, 2.75) is 52.5 Å². The number of aryl methyl sites for hydroxylation is 2. The Morgan fingerprint density at radius 3 is 2.55 bits per heavy atom. The highest BCUT2D eigenvalue weighted by Crippen LogP contribution is 2.19. The SMILES string of the molecule is CCCC(C)(NC(=O)CCOc1ccc(C)cc1C)C(=O)O. The van der Waals surface area contributed by atoms with Gasteiger partial charge in [-0.15, -0.1) is 0 Å². The number of nitrogens with one attached hydrogen (secondary N) is 1. The number of hydrogen-bond donors (Lipinski definition) is 2. The van der Waals surface area contributed by atoms with E-state index in [1.54, 1.807) is 0 Å². The second kappa shape index (κ2) is 7.82. The fourth-order valence-corrected chi connectivity index (χ4v) is 2.31. The number of carboxylic acid groups (broad SMARTS) is 1. The van der Waals surface area contributed by atoms with Crippen molar-refractivity contribution in [1.29, 1.82) is 0 Å². The summed E-state index contributed by atoms with van der Waals surface area (Å²) in [5.41, 5.74) is 0.951. The van der Waals surface area contributed by atoms with E-state index in [4.69, 9.17) is 4.74 Å². The number of carbonyl (C=O) groups is 2. The molecule has 1 aromatic carbocycles. The summed E-state index contributed by atoms with van der Waals surface area (Å²) in [4.78, 5) is 23.2. The van der Waals surface area contributed by atoms with Crippen molar-refractivity contribution in [3.8, 4) is 5.75 Å². The predicted octanol–water partition coefficient (Wildman–Crippen LogP) is 2.83. The Balaban J connectivity index is 2.50. The first-order valence-electron chi connectivity index (χ1n) is 7.53. The molecule has 0 spiro atoms. The molecule has 122 valence electrons. The Morgan fingerprint density at radius 2 is 2.00 bits per heavy atom. The lowest BCUT2D eigenvalue weighted by Crippen LogP contribution is -2.52. The van der Waals surface area contributed by atoms with Crippen molar-refractivity contribution >= 4 is 11.9 Å². The van der Waals surface area contributed by atoms with Crippen molar-refractivity contribution < 1.29 is 19.4 Å². The quantitative estimate of drug-likeness (QED) is 0.774. The smallest absolute Gasteiger partial charge is 0.329 e. The number of ether oxygens (including phenoxy) is 1. The first-order valence-corrected chi connectivity index (χ1v) is 7.53. The highest BCUT2D eigenvalue weighted by atomic mass is 16.5. The van der Waals surface area contributed by atoms with Crippen molar-refractivity contribution in [2.24, 2.45) is 0 Å². The van der Waals surface area contributed by atoms with Crippen LogP contribution in [0.2, 0.25) is 0 Å². The molecule has 0 saturated carbocycles. The number of aliphatic carboxylic acids is 1. The normalized spacial score (nSPS) is 13.3. The van der Waals surface area contributed by atoms with Gasteiger partial charge in [0.1, 0.15) is 11.3 Å². The Bertz CT molecular complexity index is 541. The van der Waals surface area contributed by atoms with Gasteiger partial charge in [-0.25, -0.2) is 4.79 Å². The summed E-state index contributed by atoms with van der Waals surface area (Å²) in [6, 6.07) is 5.84. The second-order valence-corrected chi connectivity index (χ2v) is 5.80. The average Bonchev–Trinajstić information content (AvgIpc) is 2.41. The molecule has 2 N–H and O–H groups in total. The molecule has 1 aromatic rings. The summed E-state index contributed by atoms with van der Waals surface area (Å²) >= 11 is 0. The van der Waals surface area contributed by atoms with Crippen LogP contribution in [0.15, 0.2) is 18.2 Å². The summed E-state index contributed by atoms with van der Waals surface area (Å²) in [6.07, 6.45) is 1.20. The van der Waals surface area contributed by atoms with Gasteiger partial charge in [0.15, 0.2) is 0 Å². The lowest BCUT2D eigenvalue weighted by atomic mass is 9.96. The minimum Gasteiger partial charge on any atom is -0.493 e. The van der Waals surface area contributed by atoms with Gasteiger partial charge in [0.05, 0.1) is 13.0 Å². The third kappa shape index (κ3) is 5.06. The molecule has 1 rings (SSSR count). The molecular formula is C17H25NO4. The topological polar surface area (TPSA) is 75.6 Å². The summed E-state index contributed by atoms with van der Waals surface area (Å²) < 4.78 is 5.59. The first-order chi connectivity index (χ1) is 10.3. The van der Waals surface area contributed by atoms with E-state index in [9.17, 15) is 14.7 Å². The van der Waals surface area contributed by atoms with Crippen LogP contribution in [0.3, 0.4) is 0 Å². The van der Waals surface area contributed by atoms with Crippen LogP contribution in [-0.4, -0.2) is 29.1 Å². The van der Waals surface area contributed by atoms with Crippen LogP contribution in [0, 0.1) is 13.8 Å². The van der Waals surface area contributed by atoms with Gasteiger partial charge in [0, 0.05) is 0 Å². The number of carbonyl (C=O) groups excluding carboxylic acids is 1. The van der Waals surface area contributed by atoms with E-state index >= 15 is 0 Å². The van der Waals surface area contributed by atoms with Gasteiger partial charge in [-0.1, -0.05) is 31.0 Å². The molecule has 0 aliphatic rings. The molecule has 22 heavy (non-hydrogen) atoms. The summed E-state index contributed by atoms with van der Waals surface area (Å²) in [6.45, 7) is 7.59. The van der Waals surface area contributed by atoms with Gasteiger partial charge in [-0.3, -0.25) is 4.79 Å². The van der Waals surface area contributed by atoms with Crippen LogP contribution < -0.4 is 10.1 Å². The van der Waals surface area contributed by atoms with Crippen LogP contribution in [0.5, 0.6) is 5.75 Å². The van der Waals surface area contributed by atoms with Crippen LogP contribution in [0.1, 0.15) is 44.2 Å². The fourth-order valence-electron chi connectivity index (χ4n) is 2.31. The molecule has 1 amide bonds. The molecule has 1 unspecified atom stereocenters. The van der Waals surface area contributed by atoms with Gasteiger partial charge in [0.2, 0.25) is 5.91 Å². The van der Waals surface area contributed by atoms with Crippen LogP contribution in [-0.2, 0) is 9.59 Å². The highest BCUT2D eigenvalue weighted by molar-refractivity contribution is 5.86. The van der Waals surface area contributed by atoms with Gasteiger partial charge in [-0.2, -0.15) is 0 Å². The summed E-state index contributed by atoms with van der Waals surface area (Å²) in [7, 11) is 0. The number of hydrogen-bond acceptors (Lipinski definition) is 3. The van der Waals surface area contributed by atoms with E-state index in [1.165, 1.54) is 6.92 Å². The molecule has 0 radical (unpaired) electrons. The third-order valence-electron chi connectivity index (χ3n) is 3.55. The molecular weight excluding hydrogens is 282 g/mol. The second-order valence-electron chi connectivity index (χ2n) is 5.80. The fraction of sp³-hybridized carbons (Fsp3) is 0.529. The molecule has 5 nitrogen and oxygen atoms in total. The number of amides is 1. The number of benzene rings is 1. The lowest BCUT2D eigenvalue weighted by molar-refractivity contribution is -0.147. The van der Waals surface area contributed by atoms with E-state index in [2.05, 4.69) is 5.32 Å². The zero-order valence-electron chi connectivity index (χ0n) is 13.7. The Morgan fingerprint density at radius 1 is 1.32 bits per heavy atom. The molecule has 0 aliphatic heterocycles. The lowest BCUT2D eigenvalue weighted by Gasteiger charge is -2.25. The minimum absolute atomic E-state index is 0.125. The maximum absolute atomic E-state index is 11.9. The number of carboxylic acids is 1.